The summed E-state index contributed by atoms with van der Waals surface area (Å²) in [4.78, 5) is 38.7. The molecule has 1 aliphatic heterocycles. The van der Waals surface area contributed by atoms with Crippen molar-refractivity contribution in [2.45, 2.75) is 49.1 Å². The minimum absolute atomic E-state index is 0.102. The predicted octanol–water partition coefficient (Wildman–Crippen LogP) is 4.11. The van der Waals surface area contributed by atoms with E-state index in [-0.39, 0.29) is 18.4 Å². The van der Waals surface area contributed by atoms with Gasteiger partial charge < -0.3 is 20.1 Å². The Bertz CT molecular complexity index is 1030. The highest BCUT2D eigenvalue weighted by Crippen LogP contribution is 2.44. The summed E-state index contributed by atoms with van der Waals surface area (Å²) in [7, 11) is 0. The maximum Gasteiger partial charge on any atom is 0.407 e. The van der Waals surface area contributed by atoms with Crippen LogP contribution in [-0.2, 0) is 14.3 Å². The second-order valence-corrected chi connectivity index (χ2v) is 10.9. The fourth-order valence-electron chi connectivity index (χ4n) is 4.80. The Morgan fingerprint density at radius 3 is 2.29 bits per heavy atom. The molecule has 2 atom stereocenters. The zero-order valence-corrected chi connectivity index (χ0v) is 20.2. The second kappa shape index (κ2) is 10.5. The molecule has 8 heteroatoms. The highest BCUT2D eigenvalue weighted by atomic mass is 32.2. The van der Waals surface area contributed by atoms with E-state index in [0.717, 1.165) is 28.7 Å². The molecule has 0 bridgehead atoms. The van der Waals surface area contributed by atoms with Gasteiger partial charge in [0.2, 0.25) is 5.91 Å². The van der Waals surface area contributed by atoms with Crippen LogP contribution in [0.2, 0.25) is 0 Å². The molecule has 1 heterocycles. The molecule has 2 amide bonds. The first-order chi connectivity index (χ1) is 16.3. The number of likely N-dealkylation sites (tertiary alicyclic amines) is 1. The fraction of sp³-hybridized carbons (Fsp3) is 0.423. The number of fused-ring (bicyclic) bond motifs is 3. The Hall–Kier alpha value is -3.00. The molecule has 0 radical (unpaired) electrons. The minimum Gasteiger partial charge on any atom is -0.481 e. The minimum atomic E-state index is -1.16. The molecule has 34 heavy (non-hydrogen) atoms. The number of amides is 2. The highest BCUT2D eigenvalue weighted by molar-refractivity contribution is 8.00. The molecule has 180 valence electrons. The number of hydrogen-bond donors (Lipinski definition) is 2. The zero-order chi connectivity index (χ0) is 24.2. The van der Waals surface area contributed by atoms with E-state index >= 15 is 0 Å². The molecular formula is C26H30N2O5S. The SMILES string of the molecule is CC(C)SC1CCN(C(=O)C(CC(=O)O)NC(=O)OCC2c3ccccc3-c3ccccc32)C1. The van der Waals surface area contributed by atoms with E-state index in [2.05, 4.69) is 31.3 Å². The number of nitrogens with one attached hydrogen (secondary N) is 1. The van der Waals surface area contributed by atoms with Crippen molar-refractivity contribution in [3.63, 3.8) is 0 Å². The Morgan fingerprint density at radius 1 is 1.09 bits per heavy atom. The summed E-state index contributed by atoms with van der Waals surface area (Å²) in [5, 5.41) is 12.6. The van der Waals surface area contributed by atoms with Crippen molar-refractivity contribution in [2.24, 2.45) is 0 Å². The number of aliphatic carboxylic acids is 1. The van der Waals surface area contributed by atoms with Crippen molar-refractivity contribution in [1.29, 1.82) is 0 Å². The zero-order valence-electron chi connectivity index (χ0n) is 19.4. The van der Waals surface area contributed by atoms with Gasteiger partial charge in [0.25, 0.3) is 0 Å². The van der Waals surface area contributed by atoms with E-state index in [1.165, 1.54) is 0 Å². The monoisotopic (exact) mass is 482 g/mol. The van der Waals surface area contributed by atoms with Crippen molar-refractivity contribution < 1.29 is 24.2 Å². The van der Waals surface area contributed by atoms with E-state index in [4.69, 9.17) is 4.74 Å². The lowest BCUT2D eigenvalue weighted by Gasteiger charge is -2.24. The number of carboxylic acids is 1. The second-order valence-electron chi connectivity index (χ2n) is 9.00. The van der Waals surface area contributed by atoms with Crippen LogP contribution in [0.5, 0.6) is 0 Å². The van der Waals surface area contributed by atoms with E-state index in [0.29, 0.717) is 23.6 Å². The lowest BCUT2D eigenvalue weighted by Crippen LogP contribution is -2.49. The number of benzene rings is 2. The molecule has 7 nitrogen and oxygen atoms in total. The number of ether oxygens (including phenoxy) is 1. The first-order valence-electron chi connectivity index (χ1n) is 11.6. The Labute approximate surface area is 203 Å². The van der Waals surface area contributed by atoms with E-state index in [9.17, 15) is 19.5 Å². The number of hydrogen-bond acceptors (Lipinski definition) is 5. The van der Waals surface area contributed by atoms with Crippen LogP contribution >= 0.6 is 11.8 Å². The van der Waals surface area contributed by atoms with Gasteiger partial charge in [-0.25, -0.2) is 4.79 Å². The van der Waals surface area contributed by atoms with Gasteiger partial charge in [-0.1, -0.05) is 62.4 Å². The van der Waals surface area contributed by atoms with Crippen LogP contribution < -0.4 is 5.32 Å². The molecule has 1 saturated heterocycles. The van der Waals surface area contributed by atoms with E-state index in [1.54, 1.807) is 4.90 Å². The van der Waals surface area contributed by atoms with Crippen LogP contribution in [0.3, 0.4) is 0 Å². The van der Waals surface area contributed by atoms with Gasteiger partial charge in [0.1, 0.15) is 12.6 Å². The van der Waals surface area contributed by atoms with E-state index in [1.807, 2.05) is 48.2 Å². The third kappa shape index (κ3) is 5.38. The number of carbonyl (C=O) groups is 3. The average Bonchev–Trinajstić information content (AvgIpc) is 3.38. The lowest BCUT2D eigenvalue weighted by atomic mass is 9.98. The molecule has 2 aromatic rings. The summed E-state index contributed by atoms with van der Waals surface area (Å²) in [6, 6.07) is 14.9. The first kappa shape index (κ1) is 24.1. The van der Waals surface area contributed by atoms with Gasteiger partial charge in [-0.2, -0.15) is 11.8 Å². The van der Waals surface area contributed by atoms with Crippen LogP contribution in [0.15, 0.2) is 48.5 Å². The molecule has 0 aromatic heterocycles. The molecule has 0 spiro atoms. The van der Waals surface area contributed by atoms with Gasteiger partial charge in [0, 0.05) is 24.3 Å². The van der Waals surface area contributed by atoms with Crippen LogP contribution in [-0.4, -0.2) is 64.2 Å². The van der Waals surface area contributed by atoms with Crippen molar-refractivity contribution in [3.8, 4) is 11.1 Å². The van der Waals surface area contributed by atoms with Crippen molar-refractivity contribution in [3.05, 3.63) is 59.7 Å². The smallest absolute Gasteiger partial charge is 0.407 e. The predicted molar refractivity (Wildman–Crippen MR) is 132 cm³/mol. The third-order valence-electron chi connectivity index (χ3n) is 6.23. The van der Waals surface area contributed by atoms with Crippen LogP contribution in [0.1, 0.15) is 43.7 Å². The van der Waals surface area contributed by atoms with Gasteiger partial charge in [-0.05, 0) is 33.9 Å². The number of carbonyl (C=O) groups excluding carboxylic acids is 2. The summed E-state index contributed by atoms with van der Waals surface area (Å²) >= 11 is 1.81. The molecule has 1 aliphatic carbocycles. The fourth-order valence-corrected chi connectivity index (χ4v) is 6.08. The number of thioether (sulfide) groups is 1. The van der Waals surface area contributed by atoms with E-state index < -0.39 is 24.5 Å². The molecule has 2 N–H and O–H groups in total. The summed E-state index contributed by atoms with van der Waals surface area (Å²) in [5.74, 6) is -1.63. The number of nitrogens with zero attached hydrogens (tertiary/aromatic N) is 1. The topological polar surface area (TPSA) is 95.9 Å². The molecular weight excluding hydrogens is 452 g/mol. The van der Waals surface area contributed by atoms with Gasteiger partial charge >= 0.3 is 12.1 Å². The largest absolute Gasteiger partial charge is 0.481 e. The Kier molecular flexibility index (Phi) is 7.46. The lowest BCUT2D eigenvalue weighted by molar-refractivity contribution is -0.142. The standard InChI is InChI=1S/C26H30N2O5S/c1-16(2)34-17-11-12-28(14-17)25(31)23(13-24(29)30)27-26(32)33-15-22-20-9-5-3-7-18(20)19-8-4-6-10-21(19)22/h3-10,16-17,22-23H,11-15H2,1-2H3,(H,27,32)(H,29,30). The first-order valence-corrected chi connectivity index (χ1v) is 12.5. The molecule has 0 saturated carbocycles. The molecule has 2 aliphatic rings. The van der Waals surface area contributed by atoms with Gasteiger partial charge in [0.15, 0.2) is 0 Å². The van der Waals surface area contributed by atoms with Crippen LogP contribution in [0, 0.1) is 0 Å². The highest BCUT2D eigenvalue weighted by Gasteiger charge is 2.34. The Balaban J connectivity index is 1.39. The van der Waals surface area contributed by atoms with Crippen molar-refractivity contribution in [1.82, 2.24) is 10.2 Å². The average molecular weight is 483 g/mol. The van der Waals surface area contributed by atoms with Gasteiger partial charge in [-0.15, -0.1) is 0 Å². The summed E-state index contributed by atoms with van der Waals surface area (Å²) in [5.41, 5.74) is 4.41. The van der Waals surface area contributed by atoms with Crippen LogP contribution in [0.4, 0.5) is 4.79 Å². The number of rotatable bonds is 8. The normalized spacial score (nSPS) is 17.9. The van der Waals surface area contributed by atoms with Crippen molar-refractivity contribution >= 4 is 29.7 Å². The quantitative estimate of drug-likeness (QED) is 0.588. The van der Waals surface area contributed by atoms with Gasteiger partial charge in [0.05, 0.1) is 6.42 Å². The van der Waals surface area contributed by atoms with Crippen molar-refractivity contribution in [2.75, 3.05) is 19.7 Å². The molecule has 2 aromatic carbocycles. The maximum absolute atomic E-state index is 13.0. The van der Waals surface area contributed by atoms with Gasteiger partial charge in [-0.3, -0.25) is 9.59 Å². The molecule has 1 fully saturated rings. The van der Waals surface area contributed by atoms with Crippen LogP contribution in [0.25, 0.3) is 11.1 Å². The summed E-state index contributed by atoms with van der Waals surface area (Å²) in [6.07, 6.45) is -0.408. The molecule has 4 rings (SSSR count). The summed E-state index contributed by atoms with van der Waals surface area (Å²) < 4.78 is 5.52. The number of carboxylic acid groups (broad SMARTS) is 1. The third-order valence-corrected chi connectivity index (χ3v) is 7.55. The summed E-state index contributed by atoms with van der Waals surface area (Å²) in [6.45, 7) is 5.45. The molecule has 2 unspecified atom stereocenters. The Morgan fingerprint density at radius 2 is 1.71 bits per heavy atom. The maximum atomic E-state index is 13.0. The number of alkyl carbamates (subject to hydrolysis) is 1.